The van der Waals surface area contributed by atoms with E-state index in [4.69, 9.17) is 9.47 Å². The normalized spacial score (nSPS) is 9.69. The average molecular weight is 220 g/mol. The van der Waals surface area contributed by atoms with Crippen LogP contribution in [0.25, 0.3) is 0 Å². The molecule has 1 rings (SSSR count). The maximum atomic E-state index is 5.61. The van der Waals surface area contributed by atoms with Gasteiger partial charge in [0.25, 0.3) is 0 Å². The van der Waals surface area contributed by atoms with Gasteiger partial charge in [0.2, 0.25) is 0 Å². The number of benzene rings is 1. The van der Waals surface area contributed by atoms with Gasteiger partial charge in [-0.25, -0.2) is 0 Å². The summed E-state index contributed by atoms with van der Waals surface area (Å²) in [5.74, 6) is 1.73. The minimum Gasteiger partial charge on any atom is -0.497 e. The predicted molar refractivity (Wildman–Crippen MR) is 67.2 cm³/mol. The van der Waals surface area contributed by atoms with Gasteiger partial charge in [0.1, 0.15) is 18.1 Å². The van der Waals surface area contributed by atoms with Gasteiger partial charge < -0.3 is 9.47 Å². The Morgan fingerprint density at radius 1 is 1.06 bits per heavy atom. The van der Waals surface area contributed by atoms with E-state index in [9.17, 15) is 0 Å². The highest BCUT2D eigenvalue weighted by molar-refractivity contribution is 5.31. The van der Waals surface area contributed by atoms with Crippen LogP contribution >= 0.6 is 0 Å². The summed E-state index contributed by atoms with van der Waals surface area (Å²) in [5.41, 5.74) is 1.44. The Bertz CT molecular complexity index is 319. The van der Waals surface area contributed by atoms with Crippen LogP contribution in [0.2, 0.25) is 0 Å². The Hall–Kier alpha value is -1.44. The molecule has 2 heteroatoms. The molecule has 2 nitrogen and oxygen atoms in total. The van der Waals surface area contributed by atoms with Crippen molar-refractivity contribution in [3.8, 4) is 11.5 Å². The lowest BCUT2D eigenvalue weighted by Crippen LogP contribution is -1.95. The molecule has 0 heterocycles. The van der Waals surface area contributed by atoms with E-state index >= 15 is 0 Å². The fourth-order valence-corrected chi connectivity index (χ4v) is 1.47. The Balaban J connectivity index is 2.45. The summed E-state index contributed by atoms with van der Waals surface area (Å²) in [7, 11) is 1.66. The molecule has 0 fully saturated rings. The standard InChI is InChI=1S/C14H20O2/c1-4-12(5-2)10-11-16-14-8-6-13(15-3)7-9-14/h6-10H,4-5,11H2,1-3H3. The molecule has 1 aromatic rings. The molecular weight excluding hydrogens is 200 g/mol. The first-order valence-electron chi connectivity index (χ1n) is 5.74. The molecule has 1 aromatic carbocycles. The minimum atomic E-state index is 0.642. The summed E-state index contributed by atoms with van der Waals surface area (Å²) in [6.45, 7) is 4.98. The molecule has 0 atom stereocenters. The molecule has 0 aromatic heterocycles. The Kier molecular flexibility index (Phi) is 5.48. The fraction of sp³-hybridized carbons (Fsp3) is 0.429. The van der Waals surface area contributed by atoms with Crippen LogP contribution in [-0.4, -0.2) is 13.7 Å². The summed E-state index contributed by atoms with van der Waals surface area (Å²) in [4.78, 5) is 0. The van der Waals surface area contributed by atoms with E-state index in [0.717, 1.165) is 24.3 Å². The fourth-order valence-electron chi connectivity index (χ4n) is 1.47. The third-order valence-corrected chi connectivity index (χ3v) is 2.59. The van der Waals surface area contributed by atoms with Crippen molar-refractivity contribution < 1.29 is 9.47 Å². The van der Waals surface area contributed by atoms with Gasteiger partial charge in [0.05, 0.1) is 7.11 Å². The molecule has 0 aliphatic heterocycles. The average Bonchev–Trinajstić information content (AvgIpc) is 2.35. The van der Waals surface area contributed by atoms with Crippen molar-refractivity contribution in [3.05, 3.63) is 35.9 Å². The molecule has 0 saturated heterocycles. The zero-order valence-electron chi connectivity index (χ0n) is 10.3. The van der Waals surface area contributed by atoms with Crippen LogP contribution in [0, 0.1) is 0 Å². The van der Waals surface area contributed by atoms with Crippen LogP contribution in [0.3, 0.4) is 0 Å². The van der Waals surface area contributed by atoms with E-state index in [1.54, 1.807) is 7.11 Å². The molecule has 0 spiro atoms. The Morgan fingerprint density at radius 2 is 1.62 bits per heavy atom. The first kappa shape index (κ1) is 12.6. The van der Waals surface area contributed by atoms with Crippen molar-refractivity contribution in [1.82, 2.24) is 0 Å². The van der Waals surface area contributed by atoms with Crippen molar-refractivity contribution in [2.24, 2.45) is 0 Å². The van der Waals surface area contributed by atoms with Gasteiger partial charge in [-0.1, -0.05) is 19.4 Å². The second-order valence-electron chi connectivity index (χ2n) is 3.56. The van der Waals surface area contributed by atoms with Crippen LogP contribution in [0.15, 0.2) is 35.9 Å². The highest BCUT2D eigenvalue weighted by atomic mass is 16.5. The van der Waals surface area contributed by atoms with Gasteiger partial charge in [0.15, 0.2) is 0 Å². The first-order valence-corrected chi connectivity index (χ1v) is 5.74. The summed E-state index contributed by atoms with van der Waals surface area (Å²) in [6, 6.07) is 7.65. The van der Waals surface area contributed by atoms with E-state index in [1.165, 1.54) is 5.57 Å². The molecule has 0 bridgehead atoms. The van der Waals surface area contributed by atoms with Crippen molar-refractivity contribution in [1.29, 1.82) is 0 Å². The lowest BCUT2D eigenvalue weighted by molar-refractivity contribution is 0.359. The molecule has 0 amide bonds. The van der Waals surface area contributed by atoms with E-state index in [1.807, 2.05) is 24.3 Å². The zero-order valence-corrected chi connectivity index (χ0v) is 10.3. The van der Waals surface area contributed by atoms with Gasteiger partial charge >= 0.3 is 0 Å². The summed E-state index contributed by atoms with van der Waals surface area (Å²) in [5, 5.41) is 0. The Labute approximate surface area is 97.9 Å². The van der Waals surface area contributed by atoms with Gasteiger partial charge in [-0.2, -0.15) is 0 Å². The zero-order chi connectivity index (χ0) is 11.8. The smallest absolute Gasteiger partial charge is 0.120 e. The minimum absolute atomic E-state index is 0.642. The van der Waals surface area contributed by atoms with Crippen LogP contribution in [-0.2, 0) is 0 Å². The van der Waals surface area contributed by atoms with Gasteiger partial charge in [-0.15, -0.1) is 0 Å². The van der Waals surface area contributed by atoms with E-state index in [2.05, 4.69) is 19.9 Å². The number of hydrogen-bond acceptors (Lipinski definition) is 2. The monoisotopic (exact) mass is 220 g/mol. The molecule has 0 saturated carbocycles. The largest absolute Gasteiger partial charge is 0.497 e. The van der Waals surface area contributed by atoms with Crippen molar-refractivity contribution >= 4 is 0 Å². The summed E-state index contributed by atoms with van der Waals surface area (Å²) in [6.07, 6.45) is 4.36. The maximum Gasteiger partial charge on any atom is 0.120 e. The topological polar surface area (TPSA) is 18.5 Å². The molecule has 16 heavy (non-hydrogen) atoms. The third kappa shape index (κ3) is 3.97. The SMILES string of the molecule is CCC(=CCOc1ccc(OC)cc1)CC. The van der Waals surface area contributed by atoms with Crippen LogP contribution < -0.4 is 9.47 Å². The van der Waals surface area contributed by atoms with Crippen LogP contribution in [0.1, 0.15) is 26.7 Å². The van der Waals surface area contributed by atoms with Crippen molar-refractivity contribution in [2.45, 2.75) is 26.7 Å². The van der Waals surface area contributed by atoms with Gasteiger partial charge in [-0.3, -0.25) is 0 Å². The second kappa shape index (κ2) is 6.94. The van der Waals surface area contributed by atoms with Crippen molar-refractivity contribution in [2.75, 3.05) is 13.7 Å². The number of hydrogen-bond donors (Lipinski definition) is 0. The number of allylic oxidation sites excluding steroid dienone is 1. The second-order valence-corrected chi connectivity index (χ2v) is 3.56. The van der Waals surface area contributed by atoms with E-state index < -0.39 is 0 Å². The number of ether oxygens (including phenoxy) is 2. The van der Waals surface area contributed by atoms with E-state index in [-0.39, 0.29) is 0 Å². The molecule has 0 N–H and O–H groups in total. The third-order valence-electron chi connectivity index (χ3n) is 2.59. The lowest BCUT2D eigenvalue weighted by atomic mass is 10.1. The maximum absolute atomic E-state index is 5.61. The quantitative estimate of drug-likeness (QED) is 0.678. The molecule has 0 aliphatic carbocycles. The summed E-state index contributed by atoms with van der Waals surface area (Å²) >= 11 is 0. The van der Waals surface area contributed by atoms with Crippen LogP contribution in [0.5, 0.6) is 11.5 Å². The molecule has 88 valence electrons. The highest BCUT2D eigenvalue weighted by Gasteiger charge is 1.94. The van der Waals surface area contributed by atoms with Gasteiger partial charge in [-0.05, 0) is 43.2 Å². The highest BCUT2D eigenvalue weighted by Crippen LogP contribution is 2.17. The lowest BCUT2D eigenvalue weighted by Gasteiger charge is -2.06. The number of methoxy groups -OCH3 is 1. The van der Waals surface area contributed by atoms with E-state index in [0.29, 0.717) is 6.61 Å². The molecule has 0 aliphatic rings. The number of rotatable bonds is 6. The predicted octanol–water partition coefficient (Wildman–Crippen LogP) is 3.82. The van der Waals surface area contributed by atoms with Gasteiger partial charge in [0, 0.05) is 0 Å². The molecular formula is C14H20O2. The molecule has 0 radical (unpaired) electrons. The summed E-state index contributed by atoms with van der Waals surface area (Å²) < 4.78 is 10.7. The van der Waals surface area contributed by atoms with Crippen LogP contribution in [0.4, 0.5) is 0 Å². The Morgan fingerprint density at radius 3 is 2.12 bits per heavy atom. The van der Waals surface area contributed by atoms with Crippen molar-refractivity contribution in [3.63, 3.8) is 0 Å². The molecule has 0 unspecified atom stereocenters. The first-order chi connectivity index (χ1) is 7.80.